The predicted octanol–water partition coefficient (Wildman–Crippen LogP) is 2.87. The van der Waals surface area contributed by atoms with Crippen LogP contribution in [0.2, 0.25) is 0 Å². The first kappa shape index (κ1) is 15.3. The van der Waals surface area contributed by atoms with Crippen molar-refractivity contribution in [3.05, 3.63) is 52.8 Å². The fraction of sp³-hybridized carbons (Fsp3) is 0.333. The molecular formula is C18H19NO4. The number of aromatic nitrogens is 1. The van der Waals surface area contributed by atoms with Gasteiger partial charge in [-0.25, -0.2) is 9.59 Å². The van der Waals surface area contributed by atoms with E-state index in [9.17, 15) is 9.59 Å². The zero-order valence-corrected chi connectivity index (χ0v) is 13.5. The maximum atomic E-state index is 12.4. The highest BCUT2D eigenvalue weighted by molar-refractivity contribution is 5.93. The van der Waals surface area contributed by atoms with Crippen LogP contribution >= 0.6 is 0 Å². The Morgan fingerprint density at radius 3 is 2.52 bits per heavy atom. The largest absolute Gasteiger partial charge is 0.463 e. The lowest BCUT2D eigenvalue weighted by Crippen LogP contribution is -2.23. The number of cyclic esters (lactones) is 1. The normalized spacial score (nSPS) is 17.2. The van der Waals surface area contributed by atoms with Gasteiger partial charge in [-0.05, 0) is 39.0 Å². The molecule has 1 atom stereocenters. The summed E-state index contributed by atoms with van der Waals surface area (Å²) < 4.78 is 12.1. The van der Waals surface area contributed by atoms with Gasteiger partial charge in [-0.2, -0.15) is 0 Å². The molecule has 0 saturated carbocycles. The standard InChI is InChI=1S/C18H19NO4/c1-11-4-6-14(7-5-11)19-12(2)10-15(13(19)3)17(20)23-16-8-9-22-18(16)21/h4-7,10,16H,8-9H2,1-3H3/t16-/m0/s1. The van der Waals surface area contributed by atoms with Crippen LogP contribution in [0.1, 0.15) is 33.7 Å². The van der Waals surface area contributed by atoms with Gasteiger partial charge in [0.15, 0.2) is 0 Å². The van der Waals surface area contributed by atoms with Gasteiger partial charge in [0.1, 0.15) is 0 Å². The van der Waals surface area contributed by atoms with E-state index >= 15 is 0 Å². The molecular weight excluding hydrogens is 294 g/mol. The fourth-order valence-corrected chi connectivity index (χ4v) is 2.84. The number of hydrogen-bond acceptors (Lipinski definition) is 4. The molecule has 2 aromatic rings. The first-order chi connectivity index (χ1) is 11.0. The Labute approximate surface area is 134 Å². The van der Waals surface area contributed by atoms with Gasteiger partial charge in [-0.1, -0.05) is 17.7 Å². The van der Waals surface area contributed by atoms with E-state index in [0.717, 1.165) is 17.1 Å². The lowest BCUT2D eigenvalue weighted by atomic mass is 10.2. The minimum absolute atomic E-state index is 0.305. The molecule has 2 heterocycles. The average Bonchev–Trinajstić information content (AvgIpc) is 3.04. The summed E-state index contributed by atoms with van der Waals surface area (Å²) in [6, 6.07) is 9.87. The number of hydrogen-bond donors (Lipinski definition) is 0. The topological polar surface area (TPSA) is 57.5 Å². The molecule has 0 amide bonds. The number of ether oxygens (including phenoxy) is 2. The Hall–Kier alpha value is -2.56. The van der Waals surface area contributed by atoms with Gasteiger partial charge in [0.25, 0.3) is 0 Å². The molecule has 1 fully saturated rings. The Morgan fingerprint density at radius 1 is 1.22 bits per heavy atom. The summed E-state index contributed by atoms with van der Waals surface area (Å²) in [6.07, 6.45) is -0.369. The van der Waals surface area contributed by atoms with Crippen molar-refractivity contribution in [1.82, 2.24) is 4.57 Å². The van der Waals surface area contributed by atoms with Crippen molar-refractivity contribution < 1.29 is 19.1 Å². The number of carbonyl (C=O) groups is 2. The molecule has 0 radical (unpaired) electrons. The van der Waals surface area contributed by atoms with Crippen LogP contribution in [-0.2, 0) is 14.3 Å². The molecule has 5 heteroatoms. The van der Waals surface area contributed by atoms with Crippen LogP contribution in [0.5, 0.6) is 0 Å². The number of rotatable bonds is 3. The van der Waals surface area contributed by atoms with Crippen LogP contribution < -0.4 is 0 Å². The average molecular weight is 313 g/mol. The zero-order chi connectivity index (χ0) is 16.6. The highest BCUT2D eigenvalue weighted by Crippen LogP contribution is 2.23. The highest BCUT2D eigenvalue weighted by atomic mass is 16.6. The Bertz CT molecular complexity index is 758. The van der Waals surface area contributed by atoms with Crippen molar-refractivity contribution in [3.8, 4) is 5.69 Å². The molecule has 0 unspecified atom stereocenters. The van der Waals surface area contributed by atoms with Gasteiger partial charge in [-0.15, -0.1) is 0 Å². The van der Waals surface area contributed by atoms with Gasteiger partial charge in [-0.3, -0.25) is 0 Å². The maximum absolute atomic E-state index is 12.4. The molecule has 0 aliphatic carbocycles. The smallest absolute Gasteiger partial charge is 0.347 e. The van der Waals surface area contributed by atoms with E-state index in [2.05, 4.69) is 0 Å². The first-order valence-corrected chi connectivity index (χ1v) is 7.61. The molecule has 0 N–H and O–H groups in total. The Balaban J connectivity index is 1.89. The molecule has 0 spiro atoms. The van der Waals surface area contributed by atoms with Crippen molar-refractivity contribution >= 4 is 11.9 Å². The van der Waals surface area contributed by atoms with Crippen molar-refractivity contribution in [3.63, 3.8) is 0 Å². The van der Waals surface area contributed by atoms with Gasteiger partial charge in [0.2, 0.25) is 6.10 Å². The van der Waals surface area contributed by atoms with Crippen molar-refractivity contribution in [2.75, 3.05) is 6.61 Å². The van der Waals surface area contributed by atoms with Crippen molar-refractivity contribution in [2.24, 2.45) is 0 Å². The van der Waals surface area contributed by atoms with Crippen LogP contribution in [0.4, 0.5) is 0 Å². The predicted molar refractivity (Wildman–Crippen MR) is 84.8 cm³/mol. The van der Waals surface area contributed by atoms with Crippen molar-refractivity contribution in [1.29, 1.82) is 0 Å². The summed E-state index contributed by atoms with van der Waals surface area (Å²) in [7, 11) is 0. The van der Waals surface area contributed by atoms with E-state index in [1.54, 1.807) is 6.07 Å². The molecule has 3 rings (SSSR count). The third kappa shape index (κ3) is 2.86. The van der Waals surface area contributed by atoms with Crippen LogP contribution in [0.15, 0.2) is 30.3 Å². The summed E-state index contributed by atoms with van der Waals surface area (Å²) in [6.45, 7) is 6.14. The summed E-state index contributed by atoms with van der Waals surface area (Å²) in [5.41, 5.74) is 4.37. The van der Waals surface area contributed by atoms with Gasteiger partial charge < -0.3 is 14.0 Å². The molecule has 1 aromatic carbocycles. The molecule has 1 aliphatic rings. The quantitative estimate of drug-likeness (QED) is 0.818. The first-order valence-electron chi connectivity index (χ1n) is 7.61. The SMILES string of the molecule is Cc1ccc(-n2c(C)cc(C(=O)O[C@H]3CCOC3=O)c2C)cc1. The molecule has 1 saturated heterocycles. The number of nitrogens with zero attached hydrogens (tertiary/aromatic N) is 1. The van der Waals surface area contributed by atoms with Gasteiger partial charge in [0.05, 0.1) is 12.2 Å². The number of esters is 2. The van der Waals surface area contributed by atoms with E-state index in [-0.39, 0.29) is 0 Å². The number of benzene rings is 1. The summed E-state index contributed by atoms with van der Waals surface area (Å²) in [5, 5.41) is 0. The third-order valence-corrected chi connectivity index (χ3v) is 4.08. The lowest BCUT2D eigenvalue weighted by molar-refractivity contribution is -0.145. The second kappa shape index (κ2) is 5.91. The van der Waals surface area contributed by atoms with Gasteiger partial charge in [0, 0.05) is 23.5 Å². The fourth-order valence-electron chi connectivity index (χ4n) is 2.84. The molecule has 1 aliphatic heterocycles. The van der Waals surface area contributed by atoms with Crippen LogP contribution in [0, 0.1) is 20.8 Å². The van der Waals surface area contributed by atoms with E-state index in [4.69, 9.17) is 9.47 Å². The maximum Gasteiger partial charge on any atom is 0.347 e. The van der Waals surface area contributed by atoms with Crippen LogP contribution in [-0.4, -0.2) is 29.2 Å². The van der Waals surface area contributed by atoms with Crippen molar-refractivity contribution in [2.45, 2.75) is 33.3 Å². The van der Waals surface area contributed by atoms with E-state index in [0.29, 0.717) is 18.6 Å². The van der Waals surface area contributed by atoms with Gasteiger partial charge >= 0.3 is 11.9 Å². The highest BCUT2D eigenvalue weighted by Gasteiger charge is 2.31. The third-order valence-electron chi connectivity index (χ3n) is 4.08. The molecule has 5 nitrogen and oxygen atoms in total. The molecule has 23 heavy (non-hydrogen) atoms. The minimum atomic E-state index is -0.787. The summed E-state index contributed by atoms with van der Waals surface area (Å²) in [4.78, 5) is 23.8. The van der Waals surface area contributed by atoms with E-state index in [1.165, 1.54) is 5.56 Å². The summed E-state index contributed by atoms with van der Waals surface area (Å²) >= 11 is 0. The molecule has 120 valence electrons. The lowest BCUT2D eigenvalue weighted by Gasteiger charge is -2.11. The number of aryl methyl sites for hydroxylation is 2. The molecule has 0 bridgehead atoms. The minimum Gasteiger partial charge on any atom is -0.463 e. The number of carbonyl (C=O) groups excluding carboxylic acids is 2. The zero-order valence-electron chi connectivity index (χ0n) is 13.5. The van der Waals surface area contributed by atoms with E-state index < -0.39 is 18.0 Å². The van der Waals surface area contributed by atoms with E-state index in [1.807, 2.05) is 49.6 Å². The molecule has 1 aromatic heterocycles. The Morgan fingerprint density at radius 2 is 1.91 bits per heavy atom. The van der Waals surface area contributed by atoms with Crippen LogP contribution in [0.25, 0.3) is 5.69 Å². The Kier molecular flexibility index (Phi) is 3.94. The second-order valence-corrected chi connectivity index (χ2v) is 5.81. The second-order valence-electron chi connectivity index (χ2n) is 5.81. The summed E-state index contributed by atoms with van der Waals surface area (Å²) in [5.74, 6) is -0.953. The van der Waals surface area contributed by atoms with Crippen LogP contribution in [0.3, 0.4) is 0 Å². The monoisotopic (exact) mass is 313 g/mol.